The zero-order valence-corrected chi connectivity index (χ0v) is 25.9. The first-order chi connectivity index (χ1) is 21.9. The van der Waals surface area contributed by atoms with Gasteiger partial charge in [-0.15, -0.1) is 0 Å². The summed E-state index contributed by atoms with van der Waals surface area (Å²) >= 11 is 11.9. The molecule has 3 aromatic carbocycles. The van der Waals surface area contributed by atoms with E-state index in [4.69, 9.17) is 36.8 Å². The van der Waals surface area contributed by atoms with E-state index in [1.54, 1.807) is 41.3 Å². The number of hydrogen-bond donors (Lipinski definition) is 1. The Morgan fingerprint density at radius 2 is 1.31 bits per heavy atom. The van der Waals surface area contributed by atoms with Crippen LogP contribution in [0.4, 0.5) is 12.0 Å². The van der Waals surface area contributed by atoms with Crippen LogP contribution in [-0.2, 0) is 20.9 Å². The van der Waals surface area contributed by atoms with Crippen LogP contribution in [0.3, 0.4) is 0 Å². The smallest absolute Gasteiger partial charge is 0.329 e. The Balaban J connectivity index is 0.000000167. The van der Waals surface area contributed by atoms with Gasteiger partial charge >= 0.3 is 11.9 Å². The summed E-state index contributed by atoms with van der Waals surface area (Å²) in [4.78, 5) is 36.4. The molecule has 45 heavy (non-hydrogen) atoms. The lowest BCUT2D eigenvalue weighted by Crippen LogP contribution is -2.45. The van der Waals surface area contributed by atoms with Gasteiger partial charge in [0.1, 0.15) is 29.7 Å². The molecule has 2 saturated heterocycles. The first-order valence-corrected chi connectivity index (χ1v) is 15.7. The zero-order chi connectivity index (χ0) is 31.3. The molecule has 2 aliphatic heterocycles. The van der Waals surface area contributed by atoms with Gasteiger partial charge in [-0.3, -0.25) is 0 Å². The Bertz CT molecular complexity index is 1790. The van der Waals surface area contributed by atoms with Gasteiger partial charge in [-0.1, -0.05) is 53.5 Å². The fourth-order valence-electron chi connectivity index (χ4n) is 5.67. The number of benzene rings is 3. The number of aliphatic carboxylic acids is 1. The van der Waals surface area contributed by atoms with E-state index in [1.807, 2.05) is 35.2 Å². The lowest BCUT2D eigenvalue weighted by Gasteiger charge is -2.32. The fraction of sp³-hybridized carbons (Fsp3) is 0.333. The number of aromatic nitrogens is 2. The minimum atomic E-state index is -0.833. The Morgan fingerprint density at radius 1 is 0.778 bits per heavy atom. The molecule has 0 spiro atoms. The van der Waals surface area contributed by atoms with Gasteiger partial charge in [0, 0.05) is 23.1 Å². The van der Waals surface area contributed by atoms with Gasteiger partial charge in [0.05, 0.1) is 0 Å². The lowest BCUT2D eigenvalue weighted by molar-refractivity contribution is -0.147. The molecule has 2 aliphatic rings. The second-order valence-corrected chi connectivity index (χ2v) is 11.9. The molecule has 12 heteroatoms. The lowest BCUT2D eigenvalue weighted by atomic mass is 10.0. The molecule has 0 aliphatic carbocycles. The Kier molecular flexibility index (Phi) is 9.42. The van der Waals surface area contributed by atoms with Crippen molar-refractivity contribution in [3.8, 4) is 0 Å². The highest BCUT2D eigenvalue weighted by atomic mass is 35.5. The SMILES string of the molecule is O=C(O)[C@@H]1CCCCN1c1nc2cc(Cl)ccc2o1.O=C(OCc1ccccc1)[C@@H]1CCCCN1c1nc2cc(Cl)ccc2o1. The van der Waals surface area contributed by atoms with Crippen molar-refractivity contribution in [3.05, 3.63) is 82.3 Å². The summed E-state index contributed by atoms with van der Waals surface area (Å²) < 4.78 is 17.0. The monoisotopic (exact) mass is 650 g/mol. The topological polar surface area (TPSA) is 122 Å². The average Bonchev–Trinajstić information content (AvgIpc) is 3.68. The predicted octanol–water partition coefficient (Wildman–Crippen LogP) is 7.51. The number of esters is 1. The van der Waals surface area contributed by atoms with Crippen LogP contribution in [-0.4, -0.2) is 52.2 Å². The Labute approximate surface area is 269 Å². The summed E-state index contributed by atoms with van der Waals surface area (Å²) in [5.41, 5.74) is 3.59. The number of anilines is 2. The molecule has 7 rings (SSSR count). The molecular weight excluding hydrogens is 619 g/mol. The highest BCUT2D eigenvalue weighted by Crippen LogP contribution is 2.31. The number of carbonyl (C=O) groups excluding carboxylic acids is 1. The van der Waals surface area contributed by atoms with Crippen LogP contribution in [0.1, 0.15) is 44.1 Å². The number of hydrogen-bond acceptors (Lipinski definition) is 9. The summed E-state index contributed by atoms with van der Waals surface area (Å²) in [6, 6.07) is 20.1. The van der Waals surface area contributed by atoms with Crippen molar-refractivity contribution in [3.63, 3.8) is 0 Å². The van der Waals surface area contributed by atoms with Crippen molar-refractivity contribution in [1.82, 2.24) is 9.97 Å². The van der Waals surface area contributed by atoms with E-state index in [1.165, 1.54) is 0 Å². The molecule has 0 unspecified atom stereocenters. The maximum absolute atomic E-state index is 12.7. The molecule has 234 valence electrons. The van der Waals surface area contributed by atoms with Crippen LogP contribution in [0.2, 0.25) is 10.0 Å². The van der Waals surface area contributed by atoms with Crippen molar-refractivity contribution in [2.75, 3.05) is 22.9 Å². The molecular formula is C33H32Cl2N4O6. The number of fused-ring (bicyclic) bond motifs is 2. The summed E-state index contributed by atoms with van der Waals surface area (Å²) in [7, 11) is 0. The normalized spacial score (nSPS) is 18.4. The first kappa shape index (κ1) is 30.7. The molecule has 4 heterocycles. The van der Waals surface area contributed by atoms with Crippen LogP contribution in [0.15, 0.2) is 75.6 Å². The summed E-state index contributed by atoms with van der Waals surface area (Å²) in [6.45, 7) is 1.64. The third-order valence-electron chi connectivity index (χ3n) is 7.95. The van der Waals surface area contributed by atoms with E-state index >= 15 is 0 Å². The van der Waals surface area contributed by atoms with Crippen LogP contribution in [0, 0.1) is 0 Å². The number of carbonyl (C=O) groups is 2. The van der Waals surface area contributed by atoms with E-state index in [0.717, 1.165) is 37.7 Å². The quantitative estimate of drug-likeness (QED) is 0.185. The molecule has 2 atom stereocenters. The van der Waals surface area contributed by atoms with Crippen molar-refractivity contribution in [2.24, 2.45) is 0 Å². The Morgan fingerprint density at radius 3 is 1.87 bits per heavy atom. The van der Waals surface area contributed by atoms with Crippen LogP contribution in [0.25, 0.3) is 22.2 Å². The highest BCUT2D eigenvalue weighted by molar-refractivity contribution is 6.31. The molecule has 1 N–H and O–H groups in total. The fourth-order valence-corrected chi connectivity index (χ4v) is 6.00. The molecule has 5 aromatic rings. The van der Waals surface area contributed by atoms with Gasteiger partial charge in [-0.2, -0.15) is 9.97 Å². The van der Waals surface area contributed by atoms with Gasteiger partial charge in [0.2, 0.25) is 0 Å². The number of nitrogens with zero attached hydrogens (tertiary/aromatic N) is 4. The second-order valence-electron chi connectivity index (χ2n) is 11.1. The summed E-state index contributed by atoms with van der Waals surface area (Å²) in [5.74, 6) is -1.08. The van der Waals surface area contributed by atoms with Crippen molar-refractivity contribution in [1.29, 1.82) is 0 Å². The molecule has 0 bridgehead atoms. The Hall–Kier alpha value is -4.28. The molecule has 0 radical (unpaired) electrons. The minimum Gasteiger partial charge on any atom is -0.480 e. The number of piperidine rings is 2. The van der Waals surface area contributed by atoms with Crippen LogP contribution >= 0.6 is 23.2 Å². The second kappa shape index (κ2) is 13.8. The molecule has 0 amide bonds. The van der Waals surface area contributed by atoms with Gasteiger partial charge in [-0.25, -0.2) is 9.59 Å². The number of oxazole rings is 2. The van der Waals surface area contributed by atoms with Crippen molar-refractivity contribution in [2.45, 2.75) is 57.2 Å². The van der Waals surface area contributed by atoms with E-state index in [0.29, 0.717) is 63.8 Å². The first-order valence-electron chi connectivity index (χ1n) is 14.9. The number of halogens is 2. The summed E-state index contributed by atoms with van der Waals surface area (Å²) in [6.07, 6.45) is 5.18. The van der Waals surface area contributed by atoms with Gasteiger partial charge in [0.25, 0.3) is 12.0 Å². The predicted molar refractivity (Wildman–Crippen MR) is 172 cm³/mol. The third-order valence-corrected chi connectivity index (χ3v) is 8.42. The van der Waals surface area contributed by atoms with Crippen molar-refractivity contribution >= 4 is 69.4 Å². The van der Waals surface area contributed by atoms with E-state index in [9.17, 15) is 14.7 Å². The zero-order valence-electron chi connectivity index (χ0n) is 24.4. The minimum absolute atomic E-state index is 0.242. The maximum Gasteiger partial charge on any atom is 0.329 e. The molecule has 10 nitrogen and oxygen atoms in total. The standard InChI is InChI=1S/C20H19ClN2O3.C13H13ClN2O3/c21-15-9-10-18-16(12-15)22-20(26-18)23-11-5-4-8-17(23)19(24)25-13-14-6-2-1-3-7-14;14-8-4-5-11-9(7-8)15-13(19-11)16-6-2-1-3-10(16)12(17)18/h1-3,6-7,9-10,12,17H,4-5,8,11,13H2;4-5,7,10H,1-3,6H2,(H,17,18)/t17-;10-/m00/s1. The third kappa shape index (κ3) is 7.18. The molecule has 2 aromatic heterocycles. The summed E-state index contributed by atoms with van der Waals surface area (Å²) in [5, 5.41) is 10.4. The van der Waals surface area contributed by atoms with Gasteiger partial charge in [0.15, 0.2) is 11.2 Å². The number of ether oxygens (including phenoxy) is 1. The van der Waals surface area contributed by atoms with E-state index in [-0.39, 0.29) is 18.6 Å². The number of rotatable bonds is 6. The molecule has 0 saturated carbocycles. The van der Waals surface area contributed by atoms with Crippen molar-refractivity contribution < 1.29 is 28.3 Å². The van der Waals surface area contributed by atoms with Crippen LogP contribution in [0.5, 0.6) is 0 Å². The molecule has 2 fully saturated rings. The maximum atomic E-state index is 12.7. The van der Waals surface area contributed by atoms with Crippen LogP contribution < -0.4 is 9.80 Å². The van der Waals surface area contributed by atoms with Gasteiger partial charge in [-0.05, 0) is 80.5 Å². The highest BCUT2D eigenvalue weighted by Gasteiger charge is 2.33. The number of carboxylic acids is 1. The van der Waals surface area contributed by atoms with E-state index in [2.05, 4.69) is 9.97 Å². The largest absolute Gasteiger partial charge is 0.480 e. The number of carboxylic acid groups (broad SMARTS) is 1. The van der Waals surface area contributed by atoms with E-state index < -0.39 is 12.0 Å². The van der Waals surface area contributed by atoms with Gasteiger partial charge < -0.3 is 28.5 Å². The average molecular weight is 652 g/mol.